The lowest BCUT2D eigenvalue weighted by molar-refractivity contribution is -0.113. The molecule has 0 saturated carbocycles. The minimum atomic E-state index is -0.0564. The number of nitrogens with one attached hydrogen (secondary N) is 1. The summed E-state index contributed by atoms with van der Waals surface area (Å²) in [4.78, 5) is 27.2. The summed E-state index contributed by atoms with van der Waals surface area (Å²) in [5.74, 6) is 0.230. The largest absolute Gasteiger partial charge is 0.354 e. The molecule has 0 aliphatic rings. The first kappa shape index (κ1) is 17.6. The zero-order chi connectivity index (χ0) is 18.0. The van der Waals surface area contributed by atoms with E-state index in [4.69, 9.17) is 0 Å². The SMILES string of the molecule is Cc1cc(C)cc(NC(=O)CSc2ncnc3nc(N(C)C)sc23)c1. The Morgan fingerprint density at radius 3 is 2.60 bits per heavy atom. The zero-order valence-corrected chi connectivity index (χ0v) is 16.2. The summed E-state index contributed by atoms with van der Waals surface area (Å²) in [7, 11) is 3.88. The van der Waals surface area contributed by atoms with Gasteiger partial charge < -0.3 is 10.2 Å². The Bertz CT molecular complexity index is 902. The molecule has 0 aliphatic heterocycles. The van der Waals surface area contributed by atoms with Crippen LogP contribution in [0.5, 0.6) is 0 Å². The Hall–Kier alpha value is -2.19. The lowest BCUT2D eigenvalue weighted by Gasteiger charge is -2.07. The molecular formula is C17H19N5OS2. The topological polar surface area (TPSA) is 71.0 Å². The predicted molar refractivity (Wildman–Crippen MR) is 105 cm³/mol. The number of benzene rings is 1. The summed E-state index contributed by atoms with van der Waals surface area (Å²) in [6.07, 6.45) is 1.49. The number of anilines is 2. The first-order chi connectivity index (χ1) is 11.9. The number of nitrogens with zero attached hydrogens (tertiary/aromatic N) is 4. The minimum Gasteiger partial charge on any atom is -0.354 e. The van der Waals surface area contributed by atoms with Gasteiger partial charge in [0.15, 0.2) is 10.8 Å². The number of aromatic nitrogens is 3. The zero-order valence-electron chi connectivity index (χ0n) is 14.5. The smallest absolute Gasteiger partial charge is 0.234 e. The number of amides is 1. The Labute approximate surface area is 154 Å². The van der Waals surface area contributed by atoms with E-state index < -0.39 is 0 Å². The number of aryl methyl sites for hydroxylation is 2. The molecule has 3 rings (SSSR count). The maximum Gasteiger partial charge on any atom is 0.234 e. The van der Waals surface area contributed by atoms with Crippen molar-refractivity contribution in [3.05, 3.63) is 35.7 Å². The molecule has 1 N–H and O–H groups in total. The molecule has 0 radical (unpaired) electrons. The number of hydrogen-bond donors (Lipinski definition) is 1. The highest BCUT2D eigenvalue weighted by Gasteiger charge is 2.13. The van der Waals surface area contributed by atoms with Crippen molar-refractivity contribution in [2.75, 3.05) is 30.1 Å². The average Bonchev–Trinajstić information content (AvgIpc) is 2.96. The summed E-state index contributed by atoms with van der Waals surface area (Å²) >= 11 is 2.93. The van der Waals surface area contributed by atoms with Crippen LogP contribution in [0.4, 0.5) is 10.8 Å². The van der Waals surface area contributed by atoms with E-state index in [9.17, 15) is 4.79 Å². The second-order valence-corrected chi connectivity index (χ2v) is 7.88. The van der Waals surface area contributed by atoms with E-state index in [1.54, 1.807) is 0 Å². The summed E-state index contributed by atoms with van der Waals surface area (Å²) in [6, 6.07) is 6.00. The molecule has 130 valence electrons. The fourth-order valence-electron chi connectivity index (χ4n) is 2.39. The molecule has 0 spiro atoms. The summed E-state index contributed by atoms with van der Waals surface area (Å²) < 4.78 is 0.912. The molecule has 3 aromatic rings. The van der Waals surface area contributed by atoms with E-state index in [1.807, 2.05) is 45.0 Å². The van der Waals surface area contributed by atoms with Gasteiger partial charge in [-0.3, -0.25) is 4.79 Å². The standard InChI is InChI=1S/C17H19N5OS2/c1-10-5-11(2)7-12(6-10)20-13(23)8-24-16-14-15(18-9-19-16)21-17(25-14)22(3)4/h5-7,9H,8H2,1-4H3,(H,20,23). The van der Waals surface area contributed by atoms with Gasteiger partial charge in [-0.2, -0.15) is 4.98 Å². The summed E-state index contributed by atoms with van der Waals surface area (Å²) in [5.41, 5.74) is 3.74. The van der Waals surface area contributed by atoms with Gasteiger partial charge in [-0.05, 0) is 37.1 Å². The molecule has 0 unspecified atom stereocenters. The van der Waals surface area contributed by atoms with Crippen LogP contribution in [0.3, 0.4) is 0 Å². The molecule has 0 atom stereocenters. The highest BCUT2D eigenvalue weighted by atomic mass is 32.2. The van der Waals surface area contributed by atoms with Gasteiger partial charge in [0.05, 0.1) is 5.75 Å². The molecule has 2 heterocycles. The van der Waals surface area contributed by atoms with E-state index in [0.29, 0.717) is 5.65 Å². The molecular weight excluding hydrogens is 354 g/mol. The van der Waals surface area contributed by atoms with Gasteiger partial charge in [-0.15, -0.1) is 0 Å². The molecule has 6 nitrogen and oxygen atoms in total. The van der Waals surface area contributed by atoms with Gasteiger partial charge in [0.1, 0.15) is 16.1 Å². The predicted octanol–water partition coefficient (Wildman–Crippen LogP) is 3.50. The number of carbonyl (C=O) groups is 1. The fourth-order valence-corrected chi connectivity index (χ4v) is 4.21. The fraction of sp³-hybridized carbons (Fsp3) is 0.294. The minimum absolute atomic E-state index is 0.0564. The maximum absolute atomic E-state index is 12.3. The molecule has 0 fully saturated rings. The Kier molecular flexibility index (Phi) is 5.19. The van der Waals surface area contributed by atoms with Crippen LogP contribution < -0.4 is 10.2 Å². The third-order valence-electron chi connectivity index (χ3n) is 3.38. The number of fused-ring (bicyclic) bond motifs is 1. The van der Waals surface area contributed by atoms with Crippen molar-refractivity contribution in [3.63, 3.8) is 0 Å². The van der Waals surface area contributed by atoms with E-state index in [0.717, 1.165) is 31.7 Å². The Balaban J connectivity index is 1.70. The van der Waals surface area contributed by atoms with Crippen LogP contribution in [-0.2, 0) is 4.79 Å². The van der Waals surface area contributed by atoms with Crippen molar-refractivity contribution >= 4 is 50.2 Å². The number of hydrogen-bond acceptors (Lipinski definition) is 7. The van der Waals surface area contributed by atoms with Crippen LogP contribution in [0, 0.1) is 13.8 Å². The Morgan fingerprint density at radius 1 is 1.20 bits per heavy atom. The van der Waals surface area contributed by atoms with Crippen molar-refractivity contribution in [1.82, 2.24) is 15.0 Å². The molecule has 0 saturated heterocycles. The van der Waals surface area contributed by atoms with Gasteiger partial charge in [-0.1, -0.05) is 29.2 Å². The second-order valence-electron chi connectivity index (χ2n) is 5.94. The van der Waals surface area contributed by atoms with Gasteiger partial charge >= 0.3 is 0 Å². The van der Waals surface area contributed by atoms with Crippen LogP contribution in [-0.4, -0.2) is 40.7 Å². The average molecular weight is 374 g/mol. The first-order valence-corrected chi connectivity index (χ1v) is 9.52. The molecule has 1 amide bonds. The summed E-state index contributed by atoms with van der Waals surface area (Å²) in [6.45, 7) is 4.03. The summed E-state index contributed by atoms with van der Waals surface area (Å²) in [5, 5.41) is 4.60. The quantitative estimate of drug-likeness (QED) is 0.545. The van der Waals surface area contributed by atoms with Crippen molar-refractivity contribution < 1.29 is 4.79 Å². The highest BCUT2D eigenvalue weighted by molar-refractivity contribution is 8.00. The third kappa shape index (κ3) is 4.26. The first-order valence-electron chi connectivity index (χ1n) is 7.72. The van der Waals surface area contributed by atoms with Crippen LogP contribution in [0.25, 0.3) is 10.3 Å². The number of thiazole rings is 1. The van der Waals surface area contributed by atoms with E-state index in [1.165, 1.54) is 29.4 Å². The van der Waals surface area contributed by atoms with E-state index in [2.05, 4.69) is 26.3 Å². The van der Waals surface area contributed by atoms with Crippen LogP contribution >= 0.6 is 23.1 Å². The maximum atomic E-state index is 12.3. The molecule has 25 heavy (non-hydrogen) atoms. The van der Waals surface area contributed by atoms with Gasteiger partial charge in [0.25, 0.3) is 0 Å². The van der Waals surface area contributed by atoms with Crippen LogP contribution in [0.15, 0.2) is 29.6 Å². The van der Waals surface area contributed by atoms with Gasteiger partial charge in [0.2, 0.25) is 5.91 Å². The molecule has 1 aromatic carbocycles. The third-order valence-corrected chi connectivity index (χ3v) is 5.71. The Morgan fingerprint density at radius 2 is 1.92 bits per heavy atom. The number of thioether (sulfide) groups is 1. The van der Waals surface area contributed by atoms with E-state index >= 15 is 0 Å². The van der Waals surface area contributed by atoms with Crippen molar-refractivity contribution in [3.8, 4) is 0 Å². The molecule has 0 aliphatic carbocycles. The monoisotopic (exact) mass is 373 g/mol. The van der Waals surface area contributed by atoms with E-state index in [-0.39, 0.29) is 11.7 Å². The molecule has 2 aromatic heterocycles. The highest BCUT2D eigenvalue weighted by Crippen LogP contribution is 2.32. The van der Waals surface area contributed by atoms with Crippen molar-refractivity contribution in [2.45, 2.75) is 18.9 Å². The van der Waals surface area contributed by atoms with Crippen molar-refractivity contribution in [2.24, 2.45) is 0 Å². The molecule has 8 heteroatoms. The number of rotatable bonds is 5. The molecule has 0 bridgehead atoms. The van der Waals surface area contributed by atoms with Gasteiger partial charge in [0, 0.05) is 19.8 Å². The van der Waals surface area contributed by atoms with Crippen molar-refractivity contribution in [1.29, 1.82) is 0 Å². The van der Waals surface area contributed by atoms with Crippen LogP contribution in [0.2, 0.25) is 0 Å². The lowest BCUT2D eigenvalue weighted by Crippen LogP contribution is -2.14. The normalized spacial score (nSPS) is 10.9. The van der Waals surface area contributed by atoms with Gasteiger partial charge in [-0.25, -0.2) is 9.97 Å². The second kappa shape index (κ2) is 7.37. The lowest BCUT2D eigenvalue weighted by atomic mass is 10.1. The van der Waals surface area contributed by atoms with Crippen LogP contribution in [0.1, 0.15) is 11.1 Å². The number of carbonyl (C=O) groups excluding carboxylic acids is 1.